The van der Waals surface area contributed by atoms with Gasteiger partial charge in [-0.3, -0.25) is 4.40 Å². The summed E-state index contributed by atoms with van der Waals surface area (Å²) in [5, 5.41) is 9.18. The van der Waals surface area contributed by atoms with E-state index < -0.39 is 0 Å². The maximum Gasteiger partial charge on any atom is 0.160 e. The number of imidazole rings is 1. The van der Waals surface area contributed by atoms with Crippen LogP contribution in [0.2, 0.25) is 0 Å². The molecule has 0 aliphatic rings. The summed E-state index contributed by atoms with van der Waals surface area (Å²) in [4.78, 5) is 4.22. The maximum absolute atomic E-state index is 9.18. The van der Waals surface area contributed by atoms with Crippen molar-refractivity contribution in [3.63, 3.8) is 0 Å². The number of aromatic nitrogens is 2. The van der Waals surface area contributed by atoms with Gasteiger partial charge in [0.2, 0.25) is 0 Å². The van der Waals surface area contributed by atoms with Crippen molar-refractivity contribution in [2.75, 3.05) is 5.73 Å². The molecular formula is C14H15N3O. The Kier molecular flexibility index (Phi) is 3.30. The van der Waals surface area contributed by atoms with Crippen LogP contribution in [0.1, 0.15) is 11.3 Å². The van der Waals surface area contributed by atoms with Crippen LogP contribution in [0, 0.1) is 0 Å². The molecule has 0 unspecified atom stereocenters. The highest BCUT2D eigenvalue weighted by Gasteiger charge is 2.10. The van der Waals surface area contributed by atoms with Crippen LogP contribution in [0.3, 0.4) is 0 Å². The molecule has 2 rings (SSSR count). The number of aliphatic hydroxyl groups is 1. The largest absolute Gasteiger partial charge is 0.395 e. The number of aliphatic hydroxyl groups excluding tert-OH is 1. The maximum atomic E-state index is 9.18. The lowest BCUT2D eigenvalue weighted by Crippen LogP contribution is -2.00. The number of fused-ring (bicyclic) bond motifs is 1. The molecule has 0 bridgehead atoms. The highest BCUT2D eigenvalue weighted by Crippen LogP contribution is 2.26. The van der Waals surface area contributed by atoms with Crippen molar-refractivity contribution in [3.8, 4) is 0 Å². The van der Waals surface area contributed by atoms with Gasteiger partial charge in [-0.05, 0) is 11.6 Å². The van der Waals surface area contributed by atoms with E-state index in [1.807, 2.05) is 18.3 Å². The Hall–Kier alpha value is -2.33. The Morgan fingerprint density at radius 2 is 2.28 bits per heavy atom. The predicted octanol–water partition coefficient (Wildman–Crippen LogP) is 2.16. The summed E-state index contributed by atoms with van der Waals surface area (Å²) >= 11 is 0. The molecule has 2 aromatic heterocycles. The van der Waals surface area contributed by atoms with Crippen molar-refractivity contribution in [2.24, 2.45) is 0 Å². The fourth-order valence-corrected chi connectivity index (χ4v) is 1.88. The minimum Gasteiger partial charge on any atom is -0.395 e. The van der Waals surface area contributed by atoms with Crippen LogP contribution < -0.4 is 5.73 Å². The smallest absolute Gasteiger partial charge is 0.160 e. The van der Waals surface area contributed by atoms with Crippen LogP contribution in [-0.4, -0.2) is 14.5 Å². The molecule has 2 heterocycles. The second kappa shape index (κ2) is 4.89. The Labute approximate surface area is 105 Å². The molecule has 4 heteroatoms. The molecule has 0 amide bonds. The third kappa shape index (κ3) is 1.83. The van der Waals surface area contributed by atoms with E-state index in [1.165, 1.54) is 0 Å². The summed E-state index contributed by atoms with van der Waals surface area (Å²) in [6.07, 6.45) is 8.69. The highest BCUT2D eigenvalue weighted by molar-refractivity contribution is 5.87. The molecule has 0 saturated heterocycles. The number of nitrogens with two attached hydrogens (primary N) is 1. The van der Waals surface area contributed by atoms with Crippen molar-refractivity contribution in [3.05, 3.63) is 61.1 Å². The molecule has 0 saturated carbocycles. The topological polar surface area (TPSA) is 63.5 Å². The monoisotopic (exact) mass is 241 g/mol. The summed E-state index contributed by atoms with van der Waals surface area (Å²) in [5.41, 5.74) is 9.75. The average molecular weight is 241 g/mol. The van der Waals surface area contributed by atoms with Crippen molar-refractivity contribution in [2.45, 2.75) is 6.61 Å². The summed E-state index contributed by atoms with van der Waals surface area (Å²) in [5.74, 6) is 0. The first-order valence-corrected chi connectivity index (χ1v) is 5.53. The quantitative estimate of drug-likeness (QED) is 0.806. The first-order valence-electron chi connectivity index (χ1n) is 5.53. The van der Waals surface area contributed by atoms with E-state index in [-0.39, 0.29) is 6.61 Å². The zero-order chi connectivity index (χ0) is 13.1. The first kappa shape index (κ1) is 12.1. The lowest BCUT2D eigenvalue weighted by molar-refractivity contribution is 0.276. The van der Waals surface area contributed by atoms with Gasteiger partial charge < -0.3 is 10.8 Å². The van der Waals surface area contributed by atoms with Crippen LogP contribution in [0.25, 0.3) is 11.2 Å². The second-order valence-corrected chi connectivity index (χ2v) is 3.81. The van der Waals surface area contributed by atoms with Gasteiger partial charge in [-0.1, -0.05) is 31.4 Å². The van der Waals surface area contributed by atoms with E-state index in [0.29, 0.717) is 17.0 Å². The SMILES string of the molecule is C=C/C=C(\C=C)c1ccn2c(CO)cnc2c1N. The van der Waals surface area contributed by atoms with Crippen LogP contribution in [0.15, 0.2) is 49.8 Å². The number of pyridine rings is 1. The summed E-state index contributed by atoms with van der Waals surface area (Å²) in [7, 11) is 0. The second-order valence-electron chi connectivity index (χ2n) is 3.81. The minimum atomic E-state index is -0.0727. The number of hydrogen-bond acceptors (Lipinski definition) is 3. The van der Waals surface area contributed by atoms with E-state index >= 15 is 0 Å². The molecule has 4 nitrogen and oxygen atoms in total. The predicted molar refractivity (Wildman–Crippen MR) is 73.9 cm³/mol. The zero-order valence-corrected chi connectivity index (χ0v) is 10.0. The number of nitrogens with zero attached hydrogens (tertiary/aromatic N) is 2. The molecule has 3 N–H and O–H groups in total. The summed E-state index contributed by atoms with van der Waals surface area (Å²) in [6.45, 7) is 7.35. The van der Waals surface area contributed by atoms with Crippen molar-refractivity contribution < 1.29 is 5.11 Å². The van der Waals surface area contributed by atoms with Crippen molar-refractivity contribution >= 4 is 16.9 Å². The molecule has 2 aromatic rings. The Balaban J connectivity index is 2.68. The van der Waals surface area contributed by atoms with Crippen LogP contribution >= 0.6 is 0 Å². The lowest BCUT2D eigenvalue weighted by Gasteiger charge is -2.08. The van der Waals surface area contributed by atoms with Crippen molar-refractivity contribution in [1.82, 2.24) is 9.38 Å². The number of hydrogen-bond donors (Lipinski definition) is 2. The van der Waals surface area contributed by atoms with Gasteiger partial charge in [0, 0.05) is 11.8 Å². The van der Waals surface area contributed by atoms with E-state index in [0.717, 1.165) is 11.1 Å². The fraction of sp³-hybridized carbons (Fsp3) is 0.0714. The average Bonchev–Trinajstić information content (AvgIpc) is 2.81. The van der Waals surface area contributed by atoms with E-state index in [4.69, 9.17) is 5.73 Å². The van der Waals surface area contributed by atoms with Gasteiger partial charge in [-0.15, -0.1) is 0 Å². The molecule has 0 fully saturated rings. The fourth-order valence-electron chi connectivity index (χ4n) is 1.88. The minimum absolute atomic E-state index is 0.0727. The van der Waals surface area contributed by atoms with Gasteiger partial charge in [-0.2, -0.15) is 0 Å². The zero-order valence-electron chi connectivity index (χ0n) is 10.0. The number of nitrogen functional groups attached to an aromatic ring is 1. The van der Waals surface area contributed by atoms with E-state index in [2.05, 4.69) is 18.1 Å². The van der Waals surface area contributed by atoms with Gasteiger partial charge in [0.25, 0.3) is 0 Å². The van der Waals surface area contributed by atoms with E-state index in [9.17, 15) is 5.11 Å². The van der Waals surface area contributed by atoms with Gasteiger partial charge in [0.1, 0.15) is 0 Å². The molecule has 0 radical (unpaired) electrons. The normalized spacial score (nSPS) is 11.7. The molecular weight excluding hydrogens is 226 g/mol. The van der Waals surface area contributed by atoms with Crippen LogP contribution in [-0.2, 0) is 6.61 Å². The van der Waals surface area contributed by atoms with Crippen molar-refractivity contribution in [1.29, 1.82) is 0 Å². The number of allylic oxidation sites excluding steroid dienone is 4. The Morgan fingerprint density at radius 3 is 2.89 bits per heavy atom. The molecule has 18 heavy (non-hydrogen) atoms. The van der Waals surface area contributed by atoms with Gasteiger partial charge >= 0.3 is 0 Å². The van der Waals surface area contributed by atoms with E-state index in [1.54, 1.807) is 22.7 Å². The standard InChI is InChI=1S/C14H15N3O/c1-3-5-10(4-2)12-6-7-17-11(9-18)8-16-14(17)13(12)15/h3-8,18H,1-2,9,15H2/b10-5+. The third-order valence-corrected chi connectivity index (χ3v) is 2.79. The lowest BCUT2D eigenvalue weighted by atomic mass is 10.1. The Bertz CT molecular complexity index is 638. The molecule has 92 valence electrons. The van der Waals surface area contributed by atoms with Gasteiger partial charge in [0.15, 0.2) is 5.65 Å². The third-order valence-electron chi connectivity index (χ3n) is 2.79. The molecule has 0 atom stereocenters. The molecule has 0 spiro atoms. The number of rotatable bonds is 4. The molecule has 0 aliphatic carbocycles. The summed E-state index contributed by atoms with van der Waals surface area (Å²) < 4.78 is 1.77. The van der Waals surface area contributed by atoms with Gasteiger partial charge in [-0.25, -0.2) is 4.98 Å². The van der Waals surface area contributed by atoms with Crippen LogP contribution in [0.5, 0.6) is 0 Å². The molecule has 0 aliphatic heterocycles. The number of anilines is 1. The highest BCUT2D eigenvalue weighted by atomic mass is 16.3. The summed E-state index contributed by atoms with van der Waals surface area (Å²) in [6, 6.07) is 1.88. The molecule has 0 aromatic carbocycles. The van der Waals surface area contributed by atoms with Crippen LogP contribution in [0.4, 0.5) is 5.69 Å². The Morgan fingerprint density at radius 1 is 1.50 bits per heavy atom. The first-order chi connectivity index (χ1) is 8.72. The van der Waals surface area contributed by atoms with Gasteiger partial charge in [0.05, 0.1) is 24.2 Å².